The predicted octanol–water partition coefficient (Wildman–Crippen LogP) is 4.36. The smallest absolute Gasteiger partial charge is 0.259 e. The van der Waals surface area contributed by atoms with Gasteiger partial charge >= 0.3 is 0 Å². The van der Waals surface area contributed by atoms with Gasteiger partial charge in [-0.05, 0) is 54.4 Å². The minimum atomic E-state index is -0.469. The first kappa shape index (κ1) is 16.6. The summed E-state index contributed by atoms with van der Waals surface area (Å²) in [5.41, 5.74) is 2.21. The monoisotopic (exact) mass is 336 g/mol. The molecule has 0 fully saturated rings. The van der Waals surface area contributed by atoms with E-state index in [4.69, 9.17) is 4.74 Å². The number of hydrogen-bond donors (Lipinski definition) is 1. The average molecular weight is 336 g/mol. The molecule has 5 heteroatoms. The standard InChI is InChI=1S/C20H17FN2O2/c1-14-6-7-18(17(21)12-14)23-20(24)16-4-2-3-5-19(16)25-13-15-8-10-22-11-9-15/h2-12H,13H2,1H3,(H,23,24). The molecule has 1 aromatic heterocycles. The van der Waals surface area contributed by atoms with Crippen molar-refractivity contribution in [1.82, 2.24) is 4.98 Å². The molecule has 1 amide bonds. The summed E-state index contributed by atoms with van der Waals surface area (Å²) in [7, 11) is 0. The first-order valence-electron chi connectivity index (χ1n) is 7.82. The van der Waals surface area contributed by atoms with Crippen LogP contribution in [0.2, 0.25) is 0 Å². The molecule has 0 spiro atoms. The average Bonchev–Trinajstić information content (AvgIpc) is 2.63. The van der Waals surface area contributed by atoms with Crippen LogP contribution in [-0.4, -0.2) is 10.9 Å². The number of ether oxygens (including phenoxy) is 1. The van der Waals surface area contributed by atoms with Gasteiger partial charge in [-0.25, -0.2) is 4.39 Å². The van der Waals surface area contributed by atoms with E-state index in [1.165, 1.54) is 6.07 Å². The molecule has 0 aliphatic heterocycles. The molecule has 0 atom stereocenters. The van der Waals surface area contributed by atoms with E-state index in [1.807, 2.05) is 12.1 Å². The Bertz CT molecular complexity index is 882. The van der Waals surface area contributed by atoms with E-state index in [0.717, 1.165) is 11.1 Å². The highest BCUT2D eigenvalue weighted by Crippen LogP contribution is 2.22. The lowest BCUT2D eigenvalue weighted by atomic mass is 10.1. The van der Waals surface area contributed by atoms with Crippen molar-refractivity contribution >= 4 is 11.6 Å². The molecule has 1 N–H and O–H groups in total. The van der Waals surface area contributed by atoms with E-state index in [-0.39, 0.29) is 5.69 Å². The van der Waals surface area contributed by atoms with Crippen LogP contribution in [-0.2, 0) is 6.61 Å². The Balaban J connectivity index is 1.76. The maximum atomic E-state index is 13.9. The molecular formula is C20H17FN2O2. The maximum Gasteiger partial charge on any atom is 0.259 e. The van der Waals surface area contributed by atoms with Crippen molar-refractivity contribution < 1.29 is 13.9 Å². The minimum absolute atomic E-state index is 0.138. The summed E-state index contributed by atoms with van der Waals surface area (Å²) in [6.45, 7) is 2.10. The summed E-state index contributed by atoms with van der Waals surface area (Å²) < 4.78 is 19.7. The zero-order chi connectivity index (χ0) is 17.6. The highest BCUT2D eigenvalue weighted by Gasteiger charge is 2.14. The topological polar surface area (TPSA) is 51.2 Å². The third kappa shape index (κ3) is 4.20. The van der Waals surface area contributed by atoms with Crippen molar-refractivity contribution in [2.24, 2.45) is 0 Å². The number of carbonyl (C=O) groups is 1. The Labute approximate surface area is 145 Å². The predicted molar refractivity (Wildman–Crippen MR) is 94.1 cm³/mol. The van der Waals surface area contributed by atoms with Gasteiger partial charge in [0.05, 0.1) is 11.3 Å². The van der Waals surface area contributed by atoms with Crippen LogP contribution < -0.4 is 10.1 Å². The second-order valence-electron chi connectivity index (χ2n) is 5.58. The molecule has 0 aliphatic rings. The summed E-state index contributed by atoms with van der Waals surface area (Å²) in [5.74, 6) is -0.457. The molecule has 3 aromatic rings. The zero-order valence-corrected chi connectivity index (χ0v) is 13.7. The molecule has 126 valence electrons. The minimum Gasteiger partial charge on any atom is -0.488 e. The van der Waals surface area contributed by atoms with Gasteiger partial charge in [0, 0.05) is 12.4 Å². The molecule has 1 heterocycles. The summed E-state index contributed by atoms with van der Waals surface area (Å²) in [5, 5.41) is 2.59. The van der Waals surface area contributed by atoms with Crippen LogP contribution in [0, 0.1) is 12.7 Å². The van der Waals surface area contributed by atoms with Crippen molar-refractivity contribution in [3.05, 3.63) is 89.5 Å². The summed E-state index contributed by atoms with van der Waals surface area (Å²) in [6.07, 6.45) is 3.36. The van der Waals surface area contributed by atoms with E-state index < -0.39 is 11.7 Å². The van der Waals surface area contributed by atoms with Crippen LogP contribution in [0.15, 0.2) is 67.0 Å². The number of amides is 1. The number of aromatic nitrogens is 1. The second-order valence-corrected chi connectivity index (χ2v) is 5.58. The van der Waals surface area contributed by atoms with Crippen LogP contribution in [0.5, 0.6) is 5.75 Å². The quantitative estimate of drug-likeness (QED) is 0.753. The van der Waals surface area contributed by atoms with Crippen LogP contribution in [0.1, 0.15) is 21.5 Å². The Kier molecular flexibility index (Phi) is 5.04. The van der Waals surface area contributed by atoms with Crippen LogP contribution in [0.4, 0.5) is 10.1 Å². The number of nitrogens with zero attached hydrogens (tertiary/aromatic N) is 1. The fraction of sp³-hybridized carbons (Fsp3) is 0.100. The normalized spacial score (nSPS) is 10.3. The van der Waals surface area contributed by atoms with Gasteiger partial charge in [-0.15, -0.1) is 0 Å². The van der Waals surface area contributed by atoms with Crippen molar-refractivity contribution in [3.8, 4) is 5.75 Å². The fourth-order valence-corrected chi connectivity index (χ4v) is 2.33. The largest absolute Gasteiger partial charge is 0.488 e. The van der Waals surface area contributed by atoms with Gasteiger partial charge in [0.15, 0.2) is 0 Å². The molecule has 0 saturated carbocycles. The van der Waals surface area contributed by atoms with Gasteiger partial charge in [-0.2, -0.15) is 0 Å². The summed E-state index contributed by atoms with van der Waals surface area (Å²) in [4.78, 5) is 16.5. The van der Waals surface area contributed by atoms with E-state index in [1.54, 1.807) is 55.7 Å². The van der Waals surface area contributed by atoms with Crippen molar-refractivity contribution in [1.29, 1.82) is 0 Å². The maximum absolute atomic E-state index is 13.9. The molecule has 0 unspecified atom stereocenters. The Morgan fingerprint density at radius 1 is 1.12 bits per heavy atom. The lowest BCUT2D eigenvalue weighted by molar-refractivity contribution is 0.102. The molecule has 25 heavy (non-hydrogen) atoms. The van der Waals surface area contributed by atoms with Gasteiger partial charge in [0.2, 0.25) is 0 Å². The number of halogens is 1. The lowest BCUT2D eigenvalue weighted by Gasteiger charge is -2.12. The van der Waals surface area contributed by atoms with Gasteiger partial charge in [0.25, 0.3) is 5.91 Å². The number of aryl methyl sites for hydroxylation is 1. The molecular weight excluding hydrogens is 319 g/mol. The third-order valence-corrected chi connectivity index (χ3v) is 3.65. The van der Waals surface area contributed by atoms with Crippen LogP contribution in [0.25, 0.3) is 0 Å². The molecule has 3 rings (SSSR count). The van der Waals surface area contributed by atoms with Crippen LogP contribution >= 0.6 is 0 Å². The number of anilines is 1. The number of para-hydroxylation sites is 1. The molecule has 0 saturated heterocycles. The van der Waals surface area contributed by atoms with E-state index in [2.05, 4.69) is 10.3 Å². The molecule has 0 radical (unpaired) electrons. The Hall–Kier alpha value is -3.21. The Morgan fingerprint density at radius 2 is 1.88 bits per heavy atom. The Morgan fingerprint density at radius 3 is 2.64 bits per heavy atom. The van der Waals surface area contributed by atoms with E-state index in [0.29, 0.717) is 17.9 Å². The highest BCUT2D eigenvalue weighted by molar-refractivity contribution is 6.06. The molecule has 0 aliphatic carbocycles. The lowest BCUT2D eigenvalue weighted by Crippen LogP contribution is -2.14. The van der Waals surface area contributed by atoms with Gasteiger partial charge in [-0.1, -0.05) is 18.2 Å². The third-order valence-electron chi connectivity index (χ3n) is 3.65. The van der Waals surface area contributed by atoms with Crippen molar-refractivity contribution in [2.45, 2.75) is 13.5 Å². The molecule has 0 bridgehead atoms. The zero-order valence-electron chi connectivity index (χ0n) is 13.7. The van der Waals surface area contributed by atoms with E-state index in [9.17, 15) is 9.18 Å². The number of carbonyl (C=O) groups excluding carboxylic acids is 1. The second kappa shape index (κ2) is 7.57. The van der Waals surface area contributed by atoms with Crippen LogP contribution in [0.3, 0.4) is 0 Å². The number of benzene rings is 2. The number of nitrogens with one attached hydrogen (secondary N) is 1. The number of rotatable bonds is 5. The van der Waals surface area contributed by atoms with Gasteiger partial charge in [0.1, 0.15) is 18.2 Å². The van der Waals surface area contributed by atoms with Crippen molar-refractivity contribution in [3.63, 3.8) is 0 Å². The van der Waals surface area contributed by atoms with E-state index >= 15 is 0 Å². The summed E-state index contributed by atoms with van der Waals surface area (Å²) >= 11 is 0. The SMILES string of the molecule is Cc1ccc(NC(=O)c2ccccc2OCc2ccncc2)c(F)c1. The molecule has 4 nitrogen and oxygen atoms in total. The van der Waals surface area contributed by atoms with Crippen molar-refractivity contribution in [2.75, 3.05) is 5.32 Å². The van der Waals surface area contributed by atoms with Gasteiger partial charge in [-0.3, -0.25) is 9.78 Å². The highest BCUT2D eigenvalue weighted by atomic mass is 19.1. The van der Waals surface area contributed by atoms with Gasteiger partial charge < -0.3 is 10.1 Å². The molecule has 2 aromatic carbocycles. The fourth-order valence-electron chi connectivity index (χ4n) is 2.33. The first-order chi connectivity index (χ1) is 12.1. The number of hydrogen-bond acceptors (Lipinski definition) is 3. The summed E-state index contributed by atoms with van der Waals surface area (Å²) in [6, 6.07) is 15.2. The first-order valence-corrected chi connectivity index (χ1v) is 7.82. The number of pyridine rings is 1.